The van der Waals surface area contributed by atoms with E-state index in [1.165, 1.54) is 0 Å². The highest BCUT2D eigenvalue weighted by Crippen LogP contribution is 2.35. The first kappa shape index (κ1) is 12.2. The van der Waals surface area contributed by atoms with Crippen LogP contribution in [0.5, 0.6) is 5.75 Å². The molecule has 0 spiro atoms. The van der Waals surface area contributed by atoms with Crippen LogP contribution in [0.15, 0.2) is 12.1 Å². The normalized spacial score (nSPS) is 17.8. The highest BCUT2D eigenvalue weighted by atomic mass is 35.5. The predicted octanol–water partition coefficient (Wildman–Crippen LogP) is 2.80. The molecule has 1 aliphatic rings. The summed E-state index contributed by atoms with van der Waals surface area (Å²) in [6.45, 7) is 5.83. The Kier molecular flexibility index (Phi) is 3.29. The third-order valence-corrected chi connectivity index (χ3v) is 2.84. The molecule has 0 radical (unpaired) electrons. The number of ether oxygens (including phenoxy) is 1. The van der Waals surface area contributed by atoms with Crippen molar-refractivity contribution in [1.29, 1.82) is 0 Å². The van der Waals surface area contributed by atoms with E-state index >= 15 is 0 Å². The minimum absolute atomic E-state index is 0.0935. The fraction of sp³-hybridized carbons (Fsp3) is 0.462. The van der Waals surface area contributed by atoms with Gasteiger partial charge in [-0.2, -0.15) is 0 Å². The Balaban J connectivity index is 2.38. The number of fused-ring (bicyclic) bond motifs is 1. The van der Waals surface area contributed by atoms with Crippen LogP contribution in [0.1, 0.15) is 36.7 Å². The molecule has 1 N–H and O–H groups in total. The molecule has 2 rings (SSSR count). The van der Waals surface area contributed by atoms with E-state index in [2.05, 4.69) is 5.32 Å². The van der Waals surface area contributed by atoms with Gasteiger partial charge in [0.2, 0.25) is 0 Å². The Morgan fingerprint density at radius 2 is 2.24 bits per heavy atom. The van der Waals surface area contributed by atoms with Crippen LogP contribution in [-0.2, 0) is 6.42 Å². The maximum Gasteiger partial charge on any atom is 0.255 e. The van der Waals surface area contributed by atoms with Crippen LogP contribution in [0.4, 0.5) is 0 Å². The summed E-state index contributed by atoms with van der Waals surface area (Å²) in [6.07, 6.45) is 0.909. The van der Waals surface area contributed by atoms with Crippen molar-refractivity contribution in [3.63, 3.8) is 0 Å². The summed E-state index contributed by atoms with van der Waals surface area (Å²) in [5, 5.41) is 3.43. The highest BCUT2D eigenvalue weighted by molar-refractivity contribution is 6.31. The lowest BCUT2D eigenvalue weighted by Crippen LogP contribution is -2.30. The second-order valence-corrected chi connectivity index (χ2v) is 5.14. The Labute approximate surface area is 106 Å². The van der Waals surface area contributed by atoms with Gasteiger partial charge in [-0.05, 0) is 32.9 Å². The molecule has 0 aliphatic carbocycles. The number of nitrogens with one attached hydrogen (secondary N) is 1. The molecule has 0 aromatic heterocycles. The van der Waals surface area contributed by atoms with E-state index in [4.69, 9.17) is 16.3 Å². The van der Waals surface area contributed by atoms with Gasteiger partial charge in [-0.1, -0.05) is 11.6 Å². The molecule has 4 heteroatoms. The summed E-state index contributed by atoms with van der Waals surface area (Å²) in [5.41, 5.74) is 1.55. The number of carbonyl (C=O) groups excluding carboxylic acids is 1. The molecule has 1 atom stereocenters. The largest absolute Gasteiger partial charge is 0.489 e. The molecule has 0 bridgehead atoms. The summed E-state index contributed by atoms with van der Waals surface area (Å²) in [4.78, 5) is 12.0. The van der Waals surface area contributed by atoms with Gasteiger partial charge in [0.25, 0.3) is 5.91 Å². The maximum absolute atomic E-state index is 12.0. The van der Waals surface area contributed by atoms with Gasteiger partial charge in [0.1, 0.15) is 11.9 Å². The summed E-state index contributed by atoms with van der Waals surface area (Å²) in [7, 11) is 0. The number of benzene rings is 1. The van der Waals surface area contributed by atoms with Gasteiger partial charge in [0.15, 0.2) is 0 Å². The van der Waals surface area contributed by atoms with E-state index in [9.17, 15) is 4.79 Å². The molecular weight excluding hydrogens is 238 g/mol. The van der Waals surface area contributed by atoms with Crippen LogP contribution >= 0.6 is 11.6 Å². The minimum atomic E-state index is -0.132. The van der Waals surface area contributed by atoms with Gasteiger partial charge in [0, 0.05) is 23.0 Å². The number of hydrogen-bond acceptors (Lipinski definition) is 2. The molecule has 0 saturated heterocycles. The average molecular weight is 254 g/mol. The van der Waals surface area contributed by atoms with Crippen LogP contribution < -0.4 is 10.1 Å². The van der Waals surface area contributed by atoms with Crippen molar-refractivity contribution in [3.05, 3.63) is 28.3 Å². The maximum atomic E-state index is 12.0. The lowest BCUT2D eigenvalue weighted by atomic mass is 10.1. The Bertz CT molecular complexity index is 457. The molecule has 17 heavy (non-hydrogen) atoms. The summed E-state index contributed by atoms with van der Waals surface area (Å²) >= 11 is 6.02. The van der Waals surface area contributed by atoms with E-state index in [1.54, 1.807) is 6.07 Å². The Hall–Kier alpha value is -1.22. The molecule has 1 aliphatic heterocycles. The zero-order chi connectivity index (χ0) is 12.6. The van der Waals surface area contributed by atoms with Gasteiger partial charge >= 0.3 is 0 Å². The molecular formula is C13H16ClNO2. The van der Waals surface area contributed by atoms with Crippen molar-refractivity contribution >= 4 is 17.5 Å². The fourth-order valence-corrected chi connectivity index (χ4v) is 2.24. The number of amides is 1. The van der Waals surface area contributed by atoms with Crippen molar-refractivity contribution in [3.8, 4) is 5.75 Å². The van der Waals surface area contributed by atoms with Gasteiger partial charge in [-0.3, -0.25) is 4.79 Å². The molecule has 1 aromatic carbocycles. The topological polar surface area (TPSA) is 38.3 Å². The Morgan fingerprint density at radius 1 is 1.53 bits per heavy atom. The lowest BCUT2D eigenvalue weighted by molar-refractivity contribution is 0.0938. The first-order valence-corrected chi connectivity index (χ1v) is 6.15. The molecule has 1 aromatic rings. The van der Waals surface area contributed by atoms with E-state index in [0.29, 0.717) is 16.3 Å². The second kappa shape index (κ2) is 4.57. The molecule has 92 valence electrons. The first-order valence-electron chi connectivity index (χ1n) is 5.77. The van der Waals surface area contributed by atoms with Crippen LogP contribution in [0.2, 0.25) is 5.02 Å². The first-order chi connectivity index (χ1) is 7.97. The fourth-order valence-electron chi connectivity index (χ4n) is 2.00. The van der Waals surface area contributed by atoms with Crippen molar-refractivity contribution in [1.82, 2.24) is 5.32 Å². The molecule has 0 fully saturated rings. The zero-order valence-electron chi connectivity index (χ0n) is 10.2. The van der Waals surface area contributed by atoms with Crippen molar-refractivity contribution in [2.45, 2.75) is 39.3 Å². The predicted molar refractivity (Wildman–Crippen MR) is 67.8 cm³/mol. The lowest BCUT2D eigenvalue weighted by Gasteiger charge is -2.12. The summed E-state index contributed by atoms with van der Waals surface area (Å²) < 4.78 is 5.68. The highest BCUT2D eigenvalue weighted by Gasteiger charge is 2.26. The molecule has 1 heterocycles. The van der Waals surface area contributed by atoms with E-state index in [1.807, 2.05) is 26.8 Å². The van der Waals surface area contributed by atoms with Gasteiger partial charge in [0.05, 0.1) is 5.56 Å². The van der Waals surface area contributed by atoms with Gasteiger partial charge in [-0.25, -0.2) is 0 Å². The number of rotatable bonds is 2. The molecule has 0 saturated carbocycles. The number of hydrogen-bond donors (Lipinski definition) is 1. The standard InChI is InChI=1S/C13H16ClNO2/c1-7(2)15-13(16)11-6-10(14)5-9-4-8(3)17-12(9)11/h5-8H,4H2,1-3H3,(H,15,16)/t8-/m0/s1. The number of carbonyl (C=O) groups is 1. The van der Waals surface area contributed by atoms with Crippen molar-refractivity contribution in [2.75, 3.05) is 0 Å². The quantitative estimate of drug-likeness (QED) is 0.880. The minimum Gasteiger partial charge on any atom is -0.489 e. The van der Waals surface area contributed by atoms with Crippen LogP contribution in [0, 0.1) is 0 Å². The van der Waals surface area contributed by atoms with E-state index < -0.39 is 0 Å². The summed E-state index contributed by atoms with van der Waals surface area (Å²) in [6, 6.07) is 3.62. The molecule has 1 amide bonds. The zero-order valence-corrected chi connectivity index (χ0v) is 11.0. The van der Waals surface area contributed by atoms with Crippen molar-refractivity contribution in [2.24, 2.45) is 0 Å². The summed E-state index contributed by atoms with van der Waals surface area (Å²) in [5.74, 6) is 0.549. The SMILES string of the molecule is CC(C)NC(=O)c1cc(Cl)cc2c1O[C@@H](C)C2. The monoisotopic (exact) mass is 253 g/mol. The molecule has 0 unspecified atom stereocenters. The Morgan fingerprint density at radius 3 is 2.88 bits per heavy atom. The van der Waals surface area contributed by atoms with Crippen molar-refractivity contribution < 1.29 is 9.53 Å². The smallest absolute Gasteiger partial charge is 0.255 e. The van der Waals surface area contributed by atoms with E-state index in [-0.39, 0.29) is 18.1 Å². The average Bonchev–Trinajstić information content (AvgIpc) is 2.55. The van der Waals surface area contributed by atoms with Crippen LogP contribution in [0.25, 0.3) is 0 Å². The van der Waals surface area contributed by atoms with Crippen LogP contribution in [0.3, 0.4) is 0 Å². The van der Waals surface area contributed by atoms with Gasteiger partial charge < -0.3 is 10.1 Å². The third kappa shape index (κ3) is 2.55. The number of halogens is 1. The third-order valence-electron chi connectivity index (χ3n) is 2.62. The molecule has 3 nitrogen and oxygen atoms in total. The van der Waals surface area contributed by atoms with Gasteiger partial charge in [-0.15, -0.1) is 0 Å². The second-order valence-electron chi connectivity index (χ2n) is 4.70. The van der Waals surface area contributed by atoms with E-state index in [0.717, 1.165) is 12.0 Å². The van der Waals surface area contributed by atoms with Crippen LogP contribution in [-0.4, -0.2) is 18.1 Å².